The van der Waals surface area contributed by atoms with Gasteiger partial charge in [0.25, 0.3) is 7.82 Å². The van der Waals surface area contributed by atoms with Crippen molar-refractivity contribution >= 4 is 13.8 Å². The number of unbranched alkanes of at least 4 members (excludes halogenated alkanes) is 24. The molecule has 0 amide bonds. The lowest BCUT2D eigenvalue weighted by molar-refractivity contribution is -0.870. The number of rotatable bonds is 38. The first-order valence-corrected chi connectivity index (χ1v) is 21.9. The minimum atomic E-state index is -4.53. The van der Waals surface area contributed by atoms with Gasteiger partial charge < -0.3 is 27.9 Å². The van der Waals surface area contributed by atoms with Crippen molar-refractivity contribution in [2.45, 2.75) is 193 Å². The van der Waals surface area contributed by atoms with Gasteiger partial charge in [-0.3, -0.25) is 9.36 Å². The summed E-state index contributed by atoms with van der Waals surface area (Å²) in [6.45, 7) is 4.75. The number of carbonyl (C=O) groups is 1. The number of quaternary nitrogens is 1. The van der Waals surface area contributed by atoms with Gasteiger partial charge >= 0.3 is 5.97 Å². The summed E-state index contributed by atoms with van der Waals surface area (Å²) in [6, 6.07) is 0. The zero-order valence-electron chi connectivity index (χ0n) is 32.9. The fourth-order valence-corrected chi connectivity index (χ4v) is 6.42. The van der Waals surface area contributed by atoms with E-state index >= 15 is 0 Å². The minimum absolute atomic E-state index is 0.0200. The summed E-state index contributed by atoms with van der Waals surface area (Å²) in [4.78, 5) is 24.9. The Morgan fingerprint density at radius 3 is 1.51 bits per heavy atom. The average molecular weight is 718 g/mol. The van der Waals surface area contributed by atoms with Gasteiger partial charge in [-0.2, -0.15) is 0 Å². The van der Waals surface area contributed by atoms with Crippen LogP contribution in [0.2, 0.25) is 0 Å². The van der Waals surface area contributed by atoms with Crippen LogP contribution in [0.15, 0.2) is 12.3 Å². The predicted octanol–water partition coefficient (Wildman–Crippen LogP) is 11.2. The second-order valence-corrected chi connectivity index (χ2v) is 16.5. The molecule has 0 heterocycles. The van der Waals surface area contributed by atoms with Crippen LogP contribution in [0.1, 0.15) is 187 Å². The smallest absolute Gasteiger partial charge is 0.306 e. The van der Waals surface area contributed by atoms with Gasteiger partial charge in [0.1, 0.15) is 19.8 Å². The Hall–Kier alpha value is -0.920. The maximum absolute atomic E-state index is 12.6. The number of phosphoric ester groups is 1. The molecule has 9 heteroatoms. The molecule has 8 nitrogen and oxygen atoms in total. The van der Waals surface area contributed by atoms with E-state index in [9.17, 15) is 14.3 Å². The van der Waals surface area contributed by atoms with Gasteiger partial charge in [-0.05, 0) is 25.3 Å². The molecule has 0 rings (SSSR count). The molecule has 0 spiro atoms. The summed E-state index contributed by atoms with van der Waals surface area (Å²) in [5.74, 6) is -0.354. The van der Waals surface area contributed by atoms with Crippen molar-refractivity contribution in [3.05, 3.63) is 12.3 Å². The van der Waals surface area contributed by atoms with Gasteiger partial charge in [0.2, 0.25) is 0 Å². The molecule has 2 unspecified atom stereocenters. The van der Waals surface area contributed by atoms with E-state index in [1.165, 1.54) is 135 Å². The average Bonchev–Trinajstić information content (AvgIpc) is 3.04. The lowest BCUT2D eigenvalue weighted by atomic mass is 10.0. The highest BCUT2D eigenvalue weighted by Crippen LogP contribution is 2.38. The summed E-state index contributed by atoms with van der Waals surface area (Å²) in [5.41, 5.74) is 0. The van der Waals surface area contributed by atoms with E-state index < -0.39 is 13.9 Å². The van der Waals surface area contributed by atoms with Crippen LogP contribution in [0.25, 0.3) is 0 Å². The van der Waals surface area contributed by atoms with E-state index in [2.05, 4.69) is 13.8 Å². The number of likely N-dealkylation sites (N-methyl/N-ethyl adjacent to an activating group) is 1. The fraction of sp³-hybridized carbons (Fsp3) is 0.925. The Labute approximate surface area is 303 Å². The van der Waals surface area contributed by atoms with Crippen molar-refractivity contribution in [1.29, 1.82) is 0 Å². The summed E-state index contributed by atoms with van der Waals surface area (Å²) in [6.07, 6.45) is 35.9. The van der Waals surface area contributed by atoms with Crippen molar-refractivity contribution in [3.63, 3.8) is 0 Å². The highest BCUT2D eigenvalue weighted by molar-refractivity contribution is 7.45. The Morgan fingerprint density at radius 1 is 0.633 bits per heavy atom. The van der Waals surface area contributed by atoms with Crippen LogP contribution in [-0.4, -0.2) is 64.1 Å². The third kappa shape index (κ3) is 38.1. The number of phosphoric acid groups is 1. The van der Waals surface area contributed by atoms with Crippen molar-refractivity contribution < 1.29 is 37.3 Å². The molecular weight excluding hydrogens is 637 g/mol. The third-order valence-electron chi connectivity index (χ3n) is 8.91. The molecule has 0 aromatic carbocycles. The number of hydrogen-bond donors (Lipinski definition) is 0. The van der Waals surface area contributed by atoms with Crippen molar-refractivity contribution in [2.24, 2.45) is 0 Å². The van der Waals surface area contributed by atoms with Crippen LogP contribution < -0.4 is 4.89 Å². The predicted molar refractivity (Wildman–Crippen MR) is 203 cm³/mol. The molecule has 2 atom stereocenters. The number of nitrogens with zero attached hydrogens (tertiary/aromatic N) is 1. The second kappa shape index (κ2) is 34.2. The minimum Gasteiger partial charge on any atom is -0.756 e. The van der Waals surface area contributed by atoms with E-state index in [1.807, 2.05) is 27.2 Å². The van der Waals surface area contributed by atoms with Crippen LogP contribution >= 0.6 is 7.82 Å². The summed E-state index contributed by atoms with van der Waals surface area (Å²) in [5, 5.41) is 0. The highest BCUT2D eigenvalue weighted by atomic mass is 31.2. The normalized spacial score (nSPS) is 13.9. The number of carbonyl (C=O) groups excluding carboxylic acids is 1. The van der Waals surface area contributed by atoms with Crippen LogP contribution in [0.4, 0.5) is 0 Å². The first-order valence-electron chi connectivity index (χ1n) is 20.5. The van der Waals surface area contributed by atoms with Gasteiger partial charge in [-0.15, -0.1) is 0 Å². The molecule has 0 aliphatic heterocycles. The molecule has 292 valence electrons. The maximum Gasteiger partial charge on any atom is 0.306 e. The van der Waals surface area contributed by atoms with E-state index in [0.717, 1.165) is 32.1 Å². The van der Waals surface area contributed by atoms with Gasteiger partial charge in [-0.25, -0.2) is 0 Å². The zero-order valence-corrected chi connectivity index (χ0v) is 33.8. The summed E-state index contributed by atoms with van der Waals surface area (Å²) in [7, 11) is 1.33. The molecule has 0 aliphatic rings. The molecule has 0 N–H and O–H groups in total. The molecule has 0 saturated heterocycles. The van der Waals surface area contributed by atoms with Gasteiger partial charge in [-0.1, -0.05) is 162 Å². The Kier molecular flexibility index (Phi) is 33.5. The van der Waals surface area contributed by atoms with Crippen molar-refractivity contribution in [3.8, 4) is 0 Å². The molecule has 0 fully saturated rings. The quantitative estimate of drug-likeness (QED) is 0.0206. The van der Waals surface area contributed by atoms with E-state index in [4.69, 9.17) is 18.5 Å². The highest BCUT2D eigenvalue weighted by Gasteiger charge is 2.20. The zero-order chi connectivity index (χ0) is 36.3. The van der Waals surface area contributed by atoms with Crippen molar-refractivity contribution in [1.82, 2.24) is 0 Å². The Balaban J connectivity index is 4.31. The standard InChI is InChI=1S/C40H80NO7P/c1-6-8-10-12-14-16-18-20-22-24-26-28-30-32-35-45-37-39(38-47-49(43,44)46-36-34-41(3,4)5)48-40(42)33-31-29-27-25-23-21-19-17-15-13-11-9-7-2/h32,35,39H,6-31,33-34,36-38H2,1-5H3/b35-32-. The van der Waals surface area contributed by atoms with Crippen LogP contribution in [0.5, 0.6) is 0 Å². The molecule has 49 heavy (non-hydrogen) atoms. The lowest BCUT2D eigenvalue weighted by Crippen LogP contribution is -2.37. The Morgan fingerprint density at radius 2 is 1.06 bits per heavy atom. The topological polar surface area (TPSA) is 94.1 Å². The van der Waals surface area contributed by atoms with E-state index in [1.54, 1.807) is 6.26 Å². The van der Waals surface area contributed by atoms with Crippen LogP contribution in [0.3, 0.4) is 0 Å². The van der Waals surface area contributed by atoms with Crippen LogP contribution in [-0.2, 0) is 27.9 Å². The van der Waals surface area contributed by atoms with Gasteiger partial charge in [0, 0.05) is 6.42 Å². The van der Waals surface area contributed by atoms with Crippen LogP contribution in [0, 0.1) is 0 Å². The maximum atomic E-state index is 12.6. The third-order valence-corrected chi connectivity index (χ3v) is 9.88. The van der Waals surface area contributed by atoms with Gasteiger partial charge in [0.15, 0.2) is 6.10 Å². The SMILES string of the molecule is CCCCCCCCCCCCCC/C=C\OCC(COP(=O)([O-])OCC[N+](C)(C)C)OC(=O)CCCCCCCCCCCCCCC. The first-order chi connectivity index (χ1) is 23.6. The lowest BCUT2D eigenvalue weighted by Gasteiger charge is -2.28. The molecule has 0 aromatic heterocycles. The number of allylic oxidation sites excluding steroid dienone is 1. The number of hydrogen-bond acceptors (Lipinski definition) is 7. The molecule has 0 aliphatic carbocycles. The van der Waals surface area contributed by atoms with Crippen molar-refractivity contribution in [2.75, 3.05) is 47.5 Å². The van der Waals surface area contributed by atoms with Gasteiger partial charge in [0.05, 0.1) is 34.0 Å². The molecular formula is C40H80NO7P. The Bertz CT molecular complexity index is 802. The molecule has 0 bridgehead atoms. The molecule has 0 saturated carbocycles. The number of ether oxygens (including phenoxy) is 2. The second-order valence-electron chi connectivity index (χ2n) is 15.1. The number of esters is 1. The fourth-order valence-electron chi connectivity index (χ4n) is 5.69. The molecule has 0 radical (unpaired) electrons. The molecule has 0 aromatic rings. The summed E-state index contributed by atoms with van der Waals surface area (Å²) < 4.78 is 34.2. The monoisotopic (exact) mass is 718 g/mol. The first kappa shape index (κ1) is 48.1. The van der Waals surface area contributed by atoms with E-state index in [-0.39, 0.29) is 25.8 Å². The largest absolute Gasteiger partial charge is 0.756 e. The van der Waals surface area contributed by atoms with E-state index in [0.29, 0.717) is 17.4 Å². The summed E-state index contributed by atoms with van der Waals surface area (Å²) >= 11 is 0.